The van der Waals surface area contributed by atoms with Crippen molar-refractivity contribution in [3.63, 3.8) is 0 Å². The highest BCUT2D eigenvalue weighted by molar-refractivity contribution is 5.84. The van der Waals surface area contributed by atoms with Gasteiger partial charge in [0, 0.05) is 101 Å². The molecule has 4 fully saturated rings. The second-order valence-electron chi connectivity index (χ2n) is 38.2. The van der Waals surface area contributed by atoms with Crippen molar-refractivity contribution in [1.82, 2.24) is 42.5 Å². The lowest BCUT2D eigenvalue weighted by Gasteiger charge is -2.29. The third kappa shape index (κ3) is 68.4. The minimum Gasteiger partial charge on any atom is -0.369 e. The van der Waals surface area contributed by atoms with Crippen LogP contribution in [0, 0.1) is 51.8 Å². The van der Waals surface area contributed by atoms with Gasteiger partial charge in [-0.1, -0.05) is 121 Å². The molecule has 10 atom stereocenters. The van der Waals surface area contributed by atoms with Crippen LogP contribution in [-0.2, 0) is 76.3 Å². The highest BCUT2D eigenvalue weighted by Crippen LogP contribution is 2.42. The van der Waals surface area contributed by atoms with Crippen LogP contribution in [0.4, 0.5) is 0 Å². The van der Waals surface area contributed by atoms with E-state index in [0.717, 1.165) is 56.1 Å². The summed E-state index contributed by atoms with van der Waals surface area (Å²) in [6, 6.07) is 1.41. The summed E-state index contributed by atoms with van der Waals surface area (Å²) in [7, 11) is 0. The van der Waals surface area contributed by atoms with E-state index >= 15 is 0 Å². The van der Waals surface area contributed by atoms with Gasteiger partial charge in [0.2, 0.25) is 47.3 Å². The first-order chi connectivity index (χ1) is 54.1. The zero-order valence-electron chi connectivity index (χ0n) is 81.5. The molecule has 24 heteroatoms. The van der Waals surface area contributed by atoms with Crippen LogP contribution in [0.3, 0.4) is 0 Å². The molecule has 0 aliphatic heterocycles. The van der Waals surface area contributed by atoms with Crippen LogP contribution >= 0.6 is 0 Å². The molecule has 0 saturated heterocycles. The molecule has 4 aliphatic rings. The molecule has 692 valence electrons. The molecule has 10 unspecified atom stereocenters. The summed E-state index contributed by atoms with van der Waals surface area (Å²) >= 11 is 0. The maximum absolute atomic E-state index is 12.0. The second kappa shape index (κ2) is 64.9. The van der Waals surface area contributed by atoms with E-state index in [1.54, 1.807) is 0 Å². The third-order valence-corrected chi connectivity index (χ3v) is 17.8. The average molecular weight is 1670 g/mol. The highest BCUT2D eigenvalue weighted by atomic mass is 16.5. The Balaban J connectivity index is -0.000000624. The molecule has 8 amide bonds. The summed E-state index contributed by atoms with van der Waals surface area (Å²) < 4.78 is 43.8. The summed E-state index contributed by atoms with van der Waals surface area (Å²) in [5.74, 6) is 3.94. The lowest BCUT2D eigenvalue weighted by Crippen LogP contribution is -2.46. The van der Waals surface area contributed by atoms with Gasteiger partial charge in [-0.3, -0.25) is 38.4 Å². The maximum atomic E-state index is 12.0. The Morgan fingerprint density at radius 2 is 0.607 bits per heavy atom. The molecular formula is C93H184N8O16. The van der Waals surface area contributed by atoms with Gasteiger partial charge in [0.05, 0.1) is 6.61 Å². The topological polar surface area (TPSA) is 307 Å². The van der Waals surface area contributed by atoms with E-state index in [-0.39, 0.29) is 167 Å². The number of carbonyl (C=O) groups is 8. The maximum Gasteiger partial charge on any atom is 0.249 e. The quantitative estimate of drug-likeness (QED) is 0.0263. The molecule has 117 heavy (non-hydrogen) atoms. The number of carbonyl (C=O) groups excluding carboxylic acids is 8. The number of ether oxygens (including phenoxy) is 8. The van der Waals surface area contributed by atoms with Crippen molar-refractivity contribution in [2.45, 2.75) is 436 Å². The van der Waals surface area contributed by atoms with Crippen LogP contribution < -0.4 is 42.5 Å². The number of amides is 8. The van der Waals surface area contributed by atoms with Gasteiger partial charge in [0.15, 0.2) is 0 Å². The van der Waals surface area contributed by atoms with Gasteiger partial charge in [-0.2, -0.15) is 0 Å². The fourth-order valence-electron chi connectivity index (χ4n) is 11.7. The molecule has 24 nitrogen and oxygen atoms in total. The summed E-state index contributed by atoms with van der Waals surface area (Å²) in [4.78, 5) is 93.9. The Hall–Kier alpha value is -4.82. The van der Waals surface area contributed by atoms with Crippen molar-refractivity contribution in [3.8, 4) is 0 Å². The Bertz CT molecular complexity index is 2600. The third-order valence-electron chi connectivity index (χ3n) is 17.8. The summed E-state index contributed by atoms with van der Waals surface area (Å²) in [6.45, 7) is 80.3. The second-order valence-corrected chi connectivity index (χ2v) is 38.2. The van der Waals surface area contributed by atoms with Crippen molar-refractivity contribution in [2.24, 2.45) is 51.8 Å². The summed E-state index contributed by atoms with van der Waals surface area (Å²) in [5, 5.41) is 23.1. The predicted molar refractivity (Wildman–Crippen MR) is 480 cm³/mol. The molecule has 4 rings (SSSR count). The zero-order chi connectivity index (χ0) is 91.3. The Kier molecular flexibility index (Phi) is 65.8. The predicted octanol–water partition coefficient (Wildman–Crippen LogP) is 16.3. The van der Waals surface area contributed by atoms with Gasteiger partial charge in [0.25, 0.3) is 0 Å². The van der Waals surface area contributed by atoms with E-state index in [1.807, 2.05) is 201 Å². The van der Waals surface area contributed by atoms with E-state index in [9.17, 15) is 38.4 Å². The van der Waals surface area contributed by atoms with Gasteiger partial charge in [-0.15, -0.1) is 6.58 Å². The lowest BCUT2D eigenvalue weighted by atomic mass is 9.81. The van der Waals surface area contributed by atoms with E-state index in [2.05, 4.69) is 97.6 Å². The van der Waals surface area contributed by atoms with Crippen molar-refractivity contribution < 1.29 is 76.3 Å². The molecule has 0 aromatic carbocycles. The van der Waals surface area contributed by atoms with Crippen molar-refractivity contribution in [1.29, 1.82) is 0 Å². The normalized spacial score (nSPS) is 17.1. The molecular weight excluding hydrogens is 1490 g/mol. The highest BCUT2D eigenvalue weighted by Gasteiger charge is 2.38. The molecule has 0 aromatic heterocycles. The minimum atomic E-state index is -0.389. The van der Waals surface area contributed by atoms with Crippen molar-refractivity contribution in [2.75, 3.05) is 52.9 Å². The first kappa shape index (κ1) is 118. The summed E-state index contributed by atoms with van der Waals surface area (Å²) in [5.41, 5.74) is 1.02. The van der Waals surface area contributed by atoms with Gasteiger partial charge in [-0.25, -0.2) is 0 Å². The van der Waals surface area contributed by atoms with Crippen LogP contribution in [0.2, 0.25) is 0 Å². The first-order valence-corrected chi connectivity index (χ1v) is 45.1. The van der Waals surface area contributed by atoms with Crippen LogP contribution in [0.5, 0.6) is 0 Å². The minimum absolute atomic E-state index is 0.00164. The van der Waals surface area contributed by atoms with Crippen LogP contribution in [0.15, 0.2) is 12.2 Å². The van der Waals surface area contributed by atoms with Crippen LogP contribution in [0.25, 0.3) is 0 Å². The molecule has 0 radical (unpaired) electrons. The standard InChI is InChI=1S/C14H27NO2.2C12H23NO2.C12H25NO2.C11H21NO2.C11H23NO2.C11H21NO2.C10H21NO2/c1-10(2)15-13(16)12(8-14(3,4)5)17-9-11-6-7-11;1-5-15-11(7-10-6-9(10)4)12(14)13-8(2)3;1-4-15-11(8-10-6-5-7-10)12(14)13-9(2)3;1-7-15-10(8-12(4,5)6)11(14)13-9(2)3;1-4-14-10(7-9-5-6-9)11(13)12-8(2)3;1-7-14-9(11(4,5)6)10(13)12-8(2)3;1-6-14-10(7-8(2)3)11(13)12-9(4)5;1-6-13-9(7(2)3)10(12)11-8(4)5/h10-12H,6-9H2,1-5H3,(H,15,16);8-11H,5-7H2,1-4H3,(H,13,14);9-11H,4-8H2,1-3H3,(H,13,14);9-10H,7-8H2,1-6H3,(H,13,14);8-10H,4-7H2,1-3H3,(H,12,13);8-9H,7H2,1-6H3,(H,12,13);9-10H,2,6-7H2,1,3-5H3,(H,12,13);7-9H,6H2,1-5H3,(H,11,12). The van der Waals surface area contributed by atoms with Crippen molar-refractivity contribution in [3.05, 3.63) is 12.2 Å². The van der Waals surface area contributed by atoms with Crippen molar-refractivity contribution >= 4 is 47.3 Å². The van der Waals surface area contributed by atoms with E-state index in [1.165, 1.54) is 51.4 Å². The number of rotatable bonds is 44. The molecule has 0 spiro atoms. The van der Waals surface area contributed by atoms with Gasteiger partial charge in [-0.05, 0) is 269 Å². The first-order valence-electron chi connectivity index (χ1n) is 45.1. The molecule has 0 heterocycles. The van der Waals surface area contributed by atoms with Crippen LogP contribution in [-0.4, -0.2) is 197 Å². The Morgan fingerprint density at radius 1 is 0.342 bits per heavy atom. The number of nitrogens with one attached hydrogen (secondary N) is 8. The summed E-state index contributed by atoms with van der Waals surface area (Å²) in [6.07, 6.45) is 12.5. The largest absolute Gasteiger partial charge is 0.369 e. The monoisotopic (exact) mass is 1670 g/mol. The fraction of sp³-hybridized carbons (Fsp3) is 0.892. The number of hydrogen-bond acceptors (Lipinski definition) is 16. The van der Waals surface area contributed by atoms with Gasteiger partial charge >= 0.3 is 0 Å². The molecule has 4 saturated carbocycles. The van der Waals surface area contributed by atoms with E-state index in [0.29, 0.717) is 70.4 Å². The lowest BCUT2D eigenvalue weighted by molar-refractivity contribution is -0.140. The van der Waals surface area contributed by atoms with E-state index in [4.69, 9.17) is 37.9 Å². The number of hydrogen-bond donors (Lipinski definition) is 8. The SMILES string of the molecule is C=C(C)CC(OCC)C(=O)NC(C)C.CC(C)NC(=O)C(CC(C)(C)C)OCC1CC1.CCOC(C(=O)NC(C)C)C(C)(C)C.CCOC(C(=O)NC(C)C)C(C)C.CCOC(CC(C)(C)C)C(=O)NC(C)C.CCOC(CC1CC1)C(=O)NC(C)C.CCOC(CC1CC1C)C(=O)NC(C)C.CCOC(CC1CCC1)C(=O)NC(C)C. The average Bonchev–Trinajstić information content (AvgIpc) is 1.75. The molecule has 0 bridgehead atoms. The molecule has 0 aromatic rings. The van der Waals surface area contributed by atoms with Gasteiger partial charge in [0.1, 0.15) is 48.8 Å². The fourth-order valence-corrected chi connectivity index (χ4v) is 11.7. The van der Waals surface area contributed by atoms with Gasteiger partial charge < -0.3 is 80.4 Å². The smallest absolute Gasteiger partial charge is 0.249 e. The molecule has 4 aliphatic carbocycles. The van der Waals surface area contributed by atoms with E-state index < -0.39 is 0 Å². The Morgan fingerprint density at radius 3 is 0.863 bits per heavy atom. The molecule has 8 N–H and O–H groups in total. The zero-order valence-corrected chi connectivity index (χ0v) is 81.5. The van der Waals surface area contributed by atoms with Crippen LogP contribution in [0.1, 0.15) is 339 Å². The Labute approximate surface area is 715 Å².